The fourth-order valence-electron chi connectivity index (χ4n) is 3.64. The van der Waals surface area contributed by atoms with E-state index in [0.717, 1.165) is 42.4 Å². The van der Waals surface area contributed by atoms with E-state index in [1.165, 1.54) is 0 Å². The summed E-state index contributed by atoms with van der Waals surface area (Å²) in [6.45, 7) is 5.09. The highest BCUT2D eigenvalue weighted by Gasteiger charge is 2.31. The van der Waals surface area contributed by atoms with Gasteiger partial charge in [0.25, 0.3) is 5.56 Å². The van der Waals surface area contributed by atoms with Gasteiger partial charge in [-0.1, -0.05) is 26.0 Å². The van der Waals surface area contributed by atoms with Crippen molar-refractivity contribution >= 4 is 16.7 Å². The van der Waals surface area contributed by atoms with Crippen LogP contribution in [-0.2, 0) is 7.05 Å². The van der Waals surface area contributed by atoms with Gasteiger partial charge in [0.2, 0.25) is 0 Å². The number of benzene rings is 1. The van der Waals surface area contributed by atoms with Crippen molar-refractivity contribution in [2.45, 2.75) is 38.6 Å². The Kier molecular flexibility index (Phi) is 4.18. The van der Waals surface area contributed by atoms with Gasteiger partial charge in [-0.25, -0.2) is 15.0 Å². The van der Waals surface area contributed by atoms with Gasteiger partial charge in [0.05, 0.1) is 16.9 Å². The Labute approximate surface area is 152 Å². The first kappa shape index (κ1) is 16.7. The van der Waals surface area contributed by atoms with Gasteiger partial charge in [-0.2, -0.15) is 0 Å². The molecule has 6 nitrogen and oxygen atoms in total. The van der Waals surface area contributed by atoms with Crippen molar-refractivity contribution in [3.63, 3.8) is 0 Å². The fraction of sp³-hybridized carbons (Fsp3) is 0.400. The lowest BCUT2D eigenvalue weighted by Crippen LogP contribution is -2.31. The van der Waals surface area contributed by atoms with Crippen LogP contribution in [0.2, 0.25) is 0 Å². The van der Waals surface area contributed by atoms with Gasteiger partial charge < -0.3 is 4.90 Å². The first-order valence-corrected chi connectivity index (χ1v) is 9.11. The van der Waals surface area contributed by atoms with Gasteiger partial charge in [-0.05, 0) is 31.0 Å². The van der Waals surface area contributed by atoms with Crippen molar-refractivity contribution in [2.75, 3.05) is 11.4 Å². The van der Waals surface area contributed by atoms with Crippen molar-refractivity contribution in [2.24, 2.45) is 7.05 Å². The number of fused-ring (bicyclic) bond motifs is 1. The molecule has 1 saturated heterocycles. The van der Waals surface area contributed by atoms with Gasteiger partial charge in [-0.3, -0.25) is 9.36 Å². The number of rotatable bonds is 3. The predicted octanol–water partition coefficient (Wildman–Crippen LogP) is 3.19. The third-order valence-electron chi connectivity index (χ3n) is 5.04. The predicted molar refractivity (Wildman–Crippen MR) is 102 cm³/mol. The summed E-state index contributed by atoms with van der Waals surface area (Å²) in [4.78, 5) is 29.0. The Morgan fingerprint density at radius 3 is 2.77 bits per heavy atom. The van der Waals surface area contributed by atoms with Gasteiger partial charge in [0.1, 0.15) is 17.5 Å². The molecule has 2 aromatic heterocycles. The van der Waals surface area contributed by atoms with Crippen LogP contribution >= 0.6 is 0 Å². The summed E-state index contributed by atoms with van der Waals surface area (Å²) in [6, 6.07) is 9.53. The molecule has 1 aliphatic rings. The van der Waals surface area contributed by atoms with Crippen LogP contribution in [0.5, 0.6) is 0 Å². The molecule has 0 N–H and O–H groups in total. The molecular weight excluding hydrogens is 326 g/mol. The molecule has 0 amide bonds. The molecule has 0 spiro atoms. The van der Waals surface area contributed by atoms with Gasteiger partial charge >= 0.3 is 0 Å². The van der Waals surface area contributed by atoms with Crippen LogP contribution in [0, 0.1) is 0 Å². The molecule has 1 unspecified atom stereocenters. The summed E-state index contributed by atoms with van der Waals surface area (Å²) in [5.41, 5.74) is 0.756. The minimum Gasteiger partial charge on any atom is -0.346 e. The normalized spacial score (nSPS) is 17.4. The van der Waals surface area contributed by atoms with E-state index < -0.39 is 0 Å². The number of hydrogen-bond acceptors (Lipinski definition) is 5. The van der Waals surface area contributed by atoms with E-state index >= 15 is 0 Å². The van der Waals surface area contributed by atoms with Crippen LogP contribution in [0.4, 0.5) is 5.82 Å². The van der Waals surface area contributed by atoms with Gasteiger partial charge in [0, 0.05) is 25.7 Å². The molecule has 134 valence electrons. The molecule has 1 atom stereocenters. The molecule has 0 bridgehead atoms. The fourth-order valence-corrected chi connectivity index (χ4v) is 3.64. The molecule has 6 heteroatoms. The van der Waals surface area contributed by atoms with Crippen LogP contribution in [-0.4, -0.2) is 26.1 Å². The van der Waals surface area contributed by atoms with Crippen molar-refractivity contribution in [3.8, 4) is 0 Å². The molecule has 0 aliphatic carbocycles. The zero-order valence-corrected chi connectivity index (χ0v) is 15.4. The third kappa shape index (κ3) is 2.75. The maximum Gasteiger partial charge on any atom is 0.261 e. The topological polar surface area (TPSA) is 63.9 Å². The maximum atomic E-state index is 12.8. The summed E-state index contributed by atoms with van der Waals surface area (Å²) >= 11 is 0. The third-order valence-corrected chi connectivity index (χ3v) is 5.04. The molecule has 0 radical (unpaired) electrons. The molecule has 1 aliphatic heterocycles. The highest BCUT2D eigenvalue weighted by molar-refractivity contribution is 5.77. The standard InChI is InChI=1S/C20H23N5O/c1-13(2)18-21-11-10-17(23-18)25-12-6-9-16(25)19-22-15-8-5-4-7-14(15)20(26)24(19)3/h4-5,7-8,10-11,13,16H,6,9,12H2,1-3H3. The second kappa shape index (κ2) is 6.52. The zero-order valence-electron chi connectivity index (χ0n) is 15.4. The summed E-state index contributed by atoms with van der Waals surface area (Å²) in [7, 11) is 1.81. The highest BCUT2D eigenvalue weighted by atomic mass is 16.1. The van der Waals surface area contributed by atoms with E-state index in [4.69, 9.17) is 9.97 Å². The van der Waals surface area contributed by atoms with Crippen LogP contribution in [0.1, 0.15) is 50.3 Å². The number of para-hydroxylation sites is 1. The molecular formula is C20H23N5O. The number of aromatic nitrogens is 4. The second-order valence-corrected chi connectivity index (χ2v) is 7.13. The SMILES string of the molecule is CC(C)c1nccc(N2CCCC2c2nc3ccccc3c(=O)n2C)n1. The molecule has 0 saturated carbocycles. The smallest absolute Gasteiger partial charge is 0.261 e. The van der Waals surface area contributed by atoms with Gasteiger partial charge in [0.15, 0.2) is 0 Å². The summed E-state index contributed by atoms with van der Waals surface area (Å²) in [5.74, 6) is 2.83. The van der Waals surface area contributed by atoms with Crippen LogP contribution in [0.3, 0.4) is 0 Å². The molecule has 26 heavy (non-hydrogen) atoms. The number of hydrogen-bond donors (Lipinski definition) is 0. The van der Waals surface area contributed by atoms with Crippen molar-refractivity contribution in [1.82, 2.24) is 19.5 Å². The van der Waals surface area contributed by atoms with Crippen LogP contribution in [0.25, 0.3) is 10.9 Å². The zero-order chi connectivity index (χ0) is 18.3. The Balaban J connectivity index is 1.80. The van der Waals surface area contributed by atoms with E-state index in [2.05, 4.69) is 23.7 Å². The molecule has 3 heterocycles. The quantitative estimate of drug-likeness (QED) is 0.727. The first-order chi connectivity index (χ1) is 12.6. The monoisotopic (exact) mass is 349 g/mol. The van der Waals surface area contributed by atoms with E-state index in [9.17, 15) is 4.79 Å². The Morgan fingerprint density at radius 2 is 1.96 bits per heavy atom. The number of anilines is 1. The van der Waals surface area contributed by atoms with Crippen LogP contribution < -0.4 is 10.5 Å². The summed E-state index contributed by atoms with van der Waals surface area (Å²) < 4.78 is 1.69. The molecule has 1 fully saturated rings. The lowest BCUT2D eigenvalue weighted by Gasteiger charge is -2.27. The minimum absolute atomic E-state index is 0.00278. The largest absolute Gasteiger partial charge is 0.346 e. The van der Waals surface area contributed by atoms with E-state index in [-0.39, 0.29) is 17.5 Å². The lowest BCUT2D eigenvalue weighted by molar-refractivity contribution is 0.605. The maximum absolute atomic E-state index is 12.8. The Morgan fingerprint density at radius 1 is 1.15 bits per heavy atom. The average molecular weight is 349 g/mol. The van der Waals surface area contributed by atoms with Crippen molar-refractivity contribution in [1.29, 1.82) is 0 Å². The summed E-state index contributed by atoms with van der Waals surface area (Å²) in [6.07, 6.45) is 3.83. The average Bonchev–Trinajstić information content (AvgIpc) is 3.14. The second-order valence-electron chi connectivity index (χ2n) is 7.13. The molecule has 1 aromatic carbocycles. The van der Waals surface area contributed by atoms with E-state index in [0.29, 0.717) is 5.39 Å². The van der Waals surface area contributed by atoms with E-state index in [1.807, 2.05) is 43.6 Å². The van der Waals surface area contributed by atoms with Gasteiger partial charge in [-0.15, -0.1) is 0 Å². The number of nitrogens with zero attached hydrogens (tertiary/aromatic N) is 5. The van der Waals surface area contributed by atoms with Crippen molar-refractivity contribution in [3.05, 3.63) is 58.5 Å². The van der Waals surface area contributed by atoms with Crippen LogP contribution in [0.15, 0.2) is 41.3 Å². The molecule has 4 rings (SSSR count). The highest BCUT2D eigenvalue weighted by Crippen LogP contribution is 2.34. The first-order valence-electron chi connectivity index (χ1n) is 9.11. The lowest BCUT2D eigenvalue weighted by atomic mass is 10.1. The van der Waals surface area contributed by atoms with E-state index in [1.54, 1.807) is 4.57 Å². The molecule has 3 aromatic rings. The van der Waals surface area contributed by atoms with Crippen molar-refractivity contribution < 1.29 is 0 Å². The Bertz CT molecular complexity index is 1010. The minimum atomic E-state index is 0.00278. The summed E-state index contributed by atoms with van der Waals surface area (Å²) in [5, 5.41) is 0.660. The Hall–Kier alpha value is -2.76.